The second kappa shape index (κ2) is 10.3. The number of benzene rings is 2. The second-order valence-electron chi connectivity index (χ2n) is 8.58. The molecule has 1 saturated heterocycles. The summed E-state index contributed by atoms with van der Waals surface area (Å²) < 4.78 is 0. The normalized spacial score (nSPS) is 21.1. The molecule has 1 amide bonds. The quantitative estimate of drug-likeness (QED) is 0.718. The van der Waals surface area contributed by atoms with E-state index in [1.54, 1.807) is 6.07 Å². The zero-order valence-corrected chi connectivity index (χ0v) is 19.6. The minimum Gasteiger partial charge on any atom is -0.508 e. The van der Waals surface area contributed by atoms with Gasteiger partial charge in [-0.3, -0.25) is 14.6 Å². The fraction of sp³-hybridized carbons (Fsp3) is 0.500. The van der Waals surface area contributed by atoms with Crippen LogP contribution in [0.1, 0.15) is 62.1 Å². The zero-order valence-electron chi connectivity index (χ0n) is 19.6. The number of amides is 1. The Morgan fingerprint density at radius 1 is 1.00 bits per heavy atom. The summed E-state index contributed by atoms with van der Waals surface area (Å²) in [5, 5.41) is 10.2. The maximum Gasteiger partial charge on any atom is 0.253 e. The van der Waals surface area contributed by atoms with E-state index in [1.807, 2.05) is 49.1 Å². The Bertz CT molecular complexity index is 880. The van der Waals surface area contributed by atoms with E-state index >= 15 is 0 Å². The maximum atomic E-state index is 13.0. The Balaban J connectivity index is 2.04. The molecular formula is C26H37N3O2. The van der Waals surface area contributed by atoms with Crippen molar-refractivity contribution in [3.63, 3.8) is 0 Å². The van der Waals surface area contributed by atoms with E-state index in [-0.39, 0.29) is 17.7 Å². The van der Waals surface area contributed by atoms with Gasteiger partial charge in [0.05, 0.1) is 6.04 Å². The molecule has 0 aliphatic carbocycles. The van der Waals surface area contributed by atoms with E-state index in [4.69, 9.17) is 0 Å². The van der Waals surface area contributed by atoms with Crippen molar-refractivity contribution in [1.82, 2.24) is 14.7 Å². The molecule has 0 unspecified atom stereocenters. The Morgan fingerprint density at radius 2 is 1.65 bits per heavy atom. The minimum absolute atomic E-state index is 0.0204. The number of carbonyl (C=O) groups excluding carboxylic acids is 1. The number of carbonyl (C=O) groups is 1. The largest absolute Gasteiger partial charge is 0.508 e. The lowest BCUT2D eigenvalue weighted by Crippen LogP contribution is -2.57. The van der Waals surface area contributed by atoms with Gasteiger partial charge in [-0.05, 0) is 69.6 Å². The van der Waals surface area contributed by atoms with Crippen molar-refractivity contribution in [3.05, 3.63) is 65.2 Å². The van der Waals surface area contributed by atoms with Crippen molar-refractivity contribution in [1.29, 1.82) is 0 Å². The van der Waals surface area contributed by atoms with Crippen LogP contribution in [0.2, 0.25) is 0 Å². The number of phenols is 1. The van der Waals surface area contributed by atoms with Crippen molar-refractivity contribution >= 4 is 5.91 Å². The molecule has 1 aliphatic rings. The molecule has 1 N–H and O–H groups in total. The molecule has 3 atom stereocenters. The monoisotopic (exact) mass is 423 g/mol. The fourth-order valence-corrected chi connectivity index (χ4v) is 4.83. The van der Waals surface area contributed by atoms with Gasteiger partial charge in [0.25, 0.3) is 5.91 Å². The summed E-state index contributed by atoms with van der Waals surface area (Å²) in [4.78, 5) is 19.9. The van der Waals surface area contributed by atoms with Gasteiger partial charge in [-0.2, -0.15) is 0 Å². The summed E-state index contributed by atoms with van der Waals surface area (Å²) in [5.74, 6) is 0.337. The summed E-state index contributed by atoms with van der Waals surface area (Å²) in [6.07, 6.45) is 0. The summed E-state index contributed by atoms with van der Waals surface area (Å²) in [7, 11) is 0. The third-order valence-corrected chi connectivity index (χ3v) is 6.59. The van der Waals surface area contributed by atoms with Gasteiger partial charge in [-0.15, -0.1) is 0 Å². The van der Waals surface area contributed by atoms with Crippen molar-refractivity contribution < 1.29 is 9.90 Å². The first-order valence-electron chi connectivity index (χ1n) is 11.6. The van der Waals surface area contributed by atoms with Crippen molar-refractivity contribution in [2.75, 3.05) is 32.7 Å². The number of phenolic OH excluding ortho intramolecular Hbond substituents is 1. The summed E-state index contributed by atoms with van der Waals surface area (Å²) in [5.41, 5.74) is 2.86. The van der Waals surface area contributed by atoms with Gasteiger partial charge in [0.1, 0.15) is 5.75 Å². The van der Waals surface area contributed by atoms with Crippen LogP contribution in [-0.2, 0) is 0 Å². The van der Waals surface area contributed by atoms with E-state index in [0.29, 0.717) is 25.2 Å². The van der Waals surface area contributed by atoms with E-state index in [2.05, 4.69) is 42.7 Å². The van der Waals surface area contributed by atoms with Gasteiger partial charge in [0.2, 0.25) is 0 Å². The van der Waals surface area contributed by atoms with Crippen molar-refractivity contribution in [2.45, 2.75) is 52.7 Å². The number of likely N-dealkylation sites (N-methyl/N-ethyl adjacent to an activating group) is 1. The molecule has 5 heteroatoms. The van der Waals surface area contributed by atoms with Crippen LogP contribution in [0.25, 0.3) is 0 Å². The van der Waals surface area contributed by atoms with Gasteiger partial charge in [0.15, 0.2) is 0 Å². The van der Waals surface area contributed by atoms with E-state index < -0.39 is 0 Å². The molecule has 0 spiro atoms. The van der Waals surface area contributed by atoms with Crippen molar-refractivity contribution in [2.24, 2.45) is 0 Å². The van der Waals surface area contributed by atoms with Crippen LogP contribution >= 0.6 is 0 Å². The minimum atomic E-state index is -0.0204. The first kappa shape index (κ1) is 23.3. The highest BCUT2D eigenvalue weighted by Gasteiger charge is 2.34. The van der Waals surface area contributed by atoms with Gasteiger partial charge in [-0.1, -0.05) is 31.2 Å². The van der Waals surface area contributed by atoms with Crippen LogP contribution in [0.4, 0.5) is 0 Å². The molecule has 2 aromatic carbocycles. The number of nitrogens with zero attached hydrogens (tertiary/aromatic N) is 3. The Labute approximate surface area is 187 Å². The lowest BCUT2D eigenvalue weighted by molar-refractivity contribution is 0.0270. The summed E-state index contributed by atoms with van der Waals surface area (Å²) >= 11 is 0. The van der Waals surface area contributed by atoms with E-state index in [1.165, 1.54) is 0 Å². The molecule has 1 aliphatic heterocycles. The molecule has 1 fully saturated rings. The van der Waals surface area contributed by atoms with Crippen LogP contribution in [0.15, 0.2) is 48.5 Å². The smallest absolute Gasteiger partial charge is 0.253 e. The van der Waals surface area contributed by atoms with E-state index in [0.717, 1.165) is 36.3 Å². The SMILES string of the molecule is CCN(CC)C(=O)c1cccc([C@H](c2cccc(O)c2)N2C[C@@H](C)N(CC)C[C@@H]2C)c1. The number of piperazine rings is 1. The van der Waals surface area contributed by atoms with Crippen LogP contribution in [0.5, 0.6) is 5.75 Å². The highest BCUT2D eigenvalue weighted by molar-refractivity contribution is 5.94. The van der Waals surface area contributed by atoms with Gasteiger partial charge >= 0.3 is 0 Å². The highest BCUT2D eigenvalue weighted by Crippen LogP contribution is 2.35. The molecule has 0 saturated carbocycles. The van der Waals surface area contributed by atoms with Gasteiger partial charge < -0.3 is 10.0 Å². The molecule has 168 valence electrons. The van der Waals surface area contributed by atoms with Gasteiger partial charge in [0, 0.05) is 43.8 Å². The lowest BCUT2D eigenvalue weighted by Gasteiger charge is -2.47. The number of hydrogen-bond acceptors (Lipinski definition) is 4. The highest BCUT2D eigenvalue weighted by atomic mass is 16.3. The number of aromatic hydroxyl groups is 1. The summed E-state index contributed by atoms with van der Waals surface area (Å²) in [6, 6.07) is 16.4. The molecule has 0 aromatic heterocycles. The average Bonchev–Trinajstić information content (AvgIpc) is 2.77. The average molecular weight is 424 g/mol. The topological polar surface area (TPSA) is 47.0 Å². The predicted octanol–water partition coefficient (Wildman–Crippen LogP) is 4.38. The predicted molar refractivity (Wildman–Crippen MR) is 127 cm³/mol. The lowest BCUT2D eigenvalue weighted by atomic mass is 9.92. The van der Waals surface area contributed by atoms with Crippen LogP contribution < -0.4 is 0 Å². The zero-order chi connectivity index (χ0) is 22.5. The van der Waals surface area contributed by atoms with Crippen LogP contribution in [0.3, 0.4) is 0 Å². The fourth-order valence-electron chi connectivity index (χ4n) is 4.83. The molecular weight excluding hydrogens is 386 g/mol. The second-order valence-corrected chi connectivity index (χ2v) is 8.58. The molecule has 3 rings (SSSR count). The first-order valence-corrected chi connectivity index (χ1v) is 11.6. The first-order chi connectivity index (χ1) is 14.9. The van der Waals surface area contributed by atoms with Crippen molar-refractivity contribution in [3.8, 4) is 5.75 Å². The Kier molecular flexibility index (Phi) is 7.74. The van der Waals surface area contributed by atoms with E-state index in [9.17, 15) is 9.90 Å². The molecule has 31 heavy (non-hydrogen) atoms. The Hall–Kier alpha value is -2.37. The third-order valence-electron chi connectivity index (χ3n) is 6.59. The molecule has 1 heterocycles. The van der Waals surface area contributed by atoms with Gasteiger partial charge in [-0.25, -0.2) is 0 Å². The molecule has 0 radical (unpaired) electrons. The van der Waals surface area contributed by atoms with Crippen LogP contribution in [0, 0.1) is 0 Å². The number of rotatable bonds is 7. The number of hydrogen-bond donors (Lipinski definition) is 1. The Morgan fingerprint density at radius 3 is 2.26 bits per heavy atom. The third kappa shape index (κ3) is 5.10. The summed E-state index contributed by atoms with van der Waals surface area (Å²) in [6.45, 7) is 15.2. The molecule has 5 nitrogen and oxygen atoms in total. The molecule has 2 aromatic rings. The molecule has 0 bridgehead atoms. The standard InChI is InChI=1S/C26H37N3O2/c1-6-27(7-2)26(31)23-13-9-11-21(15-23)25(22-12-10-14-24(30)16-22)29-18-19(4)28(8-3)17-20(29)5/h9-16,19-20,25,30H,6-8,17-18H2,1-5H3/t19-,20+,25-/m1/s1. The van der Waals surface area contributed by atoms with Crippen LogP contribution in [-0.4, -0.2) is 70.5 Å². The maximum absolute atomic E-state index is 13.0.